The standard InChI is InChI=1S/C20H29NO8/c1-9(2)7-11-5-6-13(12(8-11)21-18(25)10(3)4)28-20-16(24)14(22)15(23)17(29-20)19(26)27/h5-6,8-10,14-17,20,22-24H,7H2,1-4H3,(H,21,25)(H,26,27)/t14-,15-,16+,17-,20+/m0/s1. The summed E-state index contributed by atoms with van der Waals surface area (Å²) in [6.45, 7) is 7.58. The van der Waals surface area contributed by atoms with Crippen molar-refractivity contribution in [2.45, 2.75) is 64.8 Å². The number of benzene rings is 1. The maximum atomic E-state index is 12.2. The Morgan fingerprint density at radius 2 is 1.76 bits per heavy atom. The fraction of sp³-hybridized carbons (Fsp3) is 0.600. The lowest BCUT2D eigenvalue weighted by atomic mass is 9.99. The number of carboxylic acids is 1. The SMILES string of the molecule is CC(C)Cc1ccc(O[C@@H]2O[C@H](C(=O)O)[C@@H](O)[C@H](O)[C@H]2O)c(NC(=O)C(C)C)c1. The number of hydrogen-bond acceptors (Lipinski definition) is 7. The summed E-state index contributed by atoms with van der Waals surface area (Å²) < 4.78 is 10.8. The highest BCUT2D eigenvalue weighted by Crippen LogP contribution is 2.31. The van der Waals surface area contributed by atoms with E-state index in [0.717, 1.165) is 12.0 Å². The van der Waals surface area contributed by atoms with Crippen LogP contribution in [0.1, 0.15) is 33.3 Å². The number of amides is 1. The van der Waals surface area contributed by atoms with Crippen LogP contribution in [-0.4, -0.2) is 63.0 Å². The van der Waals surface area contributed by atoms with Crippen LogP contribution >= 0.6 is 0 Å². The van der Waals surface area contributed by atoms with Crippen molar-refractivity contribution in [1.29, 1.82) is 0 Å². The number of carbonyl (C=O) groups excluding carboxylic acids is 1. The first-order valence-corrected chi connectivity index (χ1v) is 9.54. The minimum atomic E-state index is -1.81. The molecule has 9 nitrogen and oxygen atoms in total. The Balaban J connectivity index is 2.31. The number of carboxylic acid groups (broad SMARTS) is 1. The number of nitrogens with one attached hydrogen (secondary N) is 1. The third-order valence-electron chi connectivity index (χ3n) is 4.53. The van der Waals surface area contributed by atoms with E-state index in [9.17, 15) is 24.9 Å². The van der Waals surface area contributed by atoms with Crippen LogP contribution in [-0.2, 0) is 20.7 Å². The average Bonchev–Trinajstić information content (AvgIpc) is 2.63. The van der Waals surface area contributed by atoms with Crippen molar-refractivity contribution >= 4 is 17.6 Å². The Bertz CT molecular complexity index is 735. The van der Waals surface area contributed by atoms with Crippen LogP contribution in [0.5, 0.6) is 5.75 Å². The molecule has 0 radical (unpaired) electrons. The van der Waals surface area contributed by atoms with Crippen LogP contribution in [0.2, 0.25) is 0 Å². The smallest absolute Gasteiger partial charge is 0.335 e. The molecule has 0 aromatic heterocycles. The number of aliphatic hydroxyl groups excluding tert-OH is 3. The Hall–Kier alpha value is -2.20. The van der Waals surface area contributed by atoms with E-state index in [2.05, 4.69) is 19.2 Å². The fourth-order valence-corrected chi connectivity index (χ4v) is 2.93. The van der Waals surface area contributed by atoms with Crippen LogP contribution in [0.3, 0.4) is 0 Å². The molecule has 0 bridgehead atoms. The molecule has 2 rings (SSSR count). The topological polar surface area (TPSA) is 146 Å². The van der Waals surface area contributed by atoms with Crippen LogP contribution in [0.15, 0.2) is 18.2 Å². The predicted octanol–water partition coefficient (Wildman–Crippen LogP) is 0.751. The molecule has 5 N–H and O–H groups in total. The molecule has 1 aliphatic heterocycles. The Morgan fingerprint density at radius 3 is 2.31 bits per heavy atom. The Labute approximate surface area is 169 Å². The second kappa shape index (κ2) is 9.53. The van der Waals surface area contributed by atoms with Crippen LogP contribution in [0.25, 0.3) is 0 Å². The minimum absolute atomic E-state index is 0.142. The van der Waals surface area contributed by atoms with Crippen LogP contribution in [0.4, 0.5) is 5.69 Å². The number of rotatable bonds is 7. The van der Waals surface area contributed by atoms with Crippen LogP contribution in [0, 0.1) is 11.8 Å². The van der Waals surface area contributed by atoms with Gasteiger partial charge in [0.1, 0.15) is 24.1 Å². The molecule has 0 aliphatic carbocycles. The highest BCUT2D eigenvalue weighted by Gasteiger charge is 2.48. The zero-order valence-corrected chi connectivity index (χ0v) is 16.9. The Morgan fingerprint density at radius 1 is 1.10 bits per heavy atom. The van der Waals surface area contributed by atoms with Gasteiger partial charge in [-0.2, -0.15) is 0 Å². The number of hydrogen-bond donors (Lipinski definition) is 5. The number of aliphatic hydroxyl groups is 3. The first-order valence-electron chi connectivity index (χ1n) is 9.54. The van der Waals surface area contributed by atoms with Crippen molar-refractivity contribution < 1.29 is 39.5 Å². The maximum absolute atomic E-state index is 12.2. The third-order valence-corrected chi connectivity index (χ3v) is 4.53. The second-order valence-corrected chi connectivity index (χ2v) is 7.93. The lowest BCUT2D eigenvalue weighted by molar-refractivity contribution is -0.271. The van der Waals surface area contributed by atoms with E-state index in [-0.39, 0.29) is 17.6 Å². The fourth-order valence-electron chi connectivity index (χ4n) is 2.93. The molecule has 1 aromatic rings. The molecule has 1 aromatic carbocycles. The van der Waals surface area contributed by atoms with Gasteiger partial charge >= 0.3 is 5.97 Å². The summed E-state index contributed by atoms with van der Waals surface area (Å²) in [7, 11) is 0. The molecule has 1 amide bonds. The predicted molar refractivity (Wildman–Crippen MR) is 103 cm³/mol. The van der Waals surface area contributed by atoms with Gasteiger partial charge in [0.15, 0.2) is 6.10 Å². The van der Waals surface area contributed by atoms with Crippen molar-refractivity contribution in [3.63, 3.8) is 0 Å². The molecule has 29 heavy (non-hydrogen) atoms. The molecule has 0 saturated carbocycles. The molecule has 5 atom stereocenters. The molecular formula is C20H29NO8. The summed E-state index contributed by atoms with van der Waals surface area (Å²) in [5, 5.41) is 41.8. The number of anilines is 1. The van der Waals surface area contributed by atoms with Crippen molar-refractivity contribution in [3.8, 4) is 5.75 Å². The maximum Gasteiger partial charge on any atom is 0.335 e. The molecule has 1 saturated heterocycles. The van der Waals surface area contributed by atoms with Crippen LogP contribution < -0.4 is 10.1 Å². The first-order chi connectivity index (χ1) is 13.5. The van der Waals surface area contributed by atoms with E-state index >= 15 is 0 Å². The van der Waals surface area contributed by atoms with Crippen molar-refractivity contribution in [2.75, 3.05) is 5.32 Å². The van der Waals surface area contributed by atoms with Gasteiger partial charge in [-0.05, 0) is 30.0 Å². The number of ether oxygens (including phenoxy) is 2. The number of carbonyl (C=O) groups is 2. The largest absolute Gasteiger partial charge is 0.479 e. The molecular weight excluding hydrogens is 382 g/mol. The van der Waals surface area contributed by atoms with Gasteiger partial charge in [0.05, 0.1) is 5.69 Å². The van der Waals surface area contributed by atoms with Gasteiger partial charge in [0.2, 0.25) is 12.2 Å². The van der Waals surface area contributed by atoms with Crippen molar-refractivity contribution in [3.05, 3.63) is 23.8 Å². The first kappa shape index (κ1) is 23.1. The molecule has 0 unspecified atom stereocenters. The molecule has 9 heteroatoms. The van der Waals surface area contributed by atoms with Crippen molar-refractivity contribution in [2.24, 2.45) is 11.8 Å². The monoisotopic (exact) mass is 411 g/mol. The Kier molecular flexibility index (Phi) is 7.59. The summed E-state index contributed by atoms with van der Waals surface area (Å²) in [4.78, 5) is 23.5. The van der Waals surface area contributed by atoms with Gasteiger partial charge < -0.3 is 35.2 Å². The van der Waals surface area contributed by atoms with Gasteiger partial charge in [0, 0.05) is 5.92 Å². The van der Waals surface area contributed by atoms with E-state index in [1.54, 1.807) is 32.0 Å². The normalized spacial score (nSPS) is 27.1. The van der Waals surface area contributed by atoms with E-state index in [1.165, 1.54) is 0 Å². The summed E-state index contributed by atoms with van der Waals surface area (Å²) in [6.07, 6.45) is -7.84. The third kappa shape index (κ3) is 5.66. The zero-order chi connectivity index (χ0) is 21.9. The summed E-state index contributed by atoms with van der Waals surface area (Å²) in [6, 6.07) is 5.11. The minimum Gasteiger partial charge on any atom is -0.479 e. The summed E-state index contributed by atoms with van der Waals surface area (Å²) in [5.41, 5.74) is 1.29. The summed E-state index contributed by atoms with van der Waals surface area (Å²) >= 11 is 0. The van der Waals surface area contributed by atoms with Crippen molar-refractivity contribution in [1.82, 2.24) is 0 Å². The quantitative estimate of drug-likeness (QED) is 0.442. The molecule has 1 fully saturated rings. The molecule has 0 spiro atoms. The van der Waals surface area contributed by atoms with Gasteiger partial charge in [-0.1, -0.05) is 33.8 Å². The highest BCUT2D eigenvalue weighted by molar-refractivity contribution is 5.93. The van der Waals surface area contributed by atoms with E-state index in [0.29, 0.717) is 11.6 Å². The van der Waals surface area contributed by atoms with E-state index in [1.807, 2.05) is 0 Å². The summed E-state index contributed by atoms with van der Waals surface area (Å²) in [5.74, 6) is -1.52. The van der Waals surface area contributed by atoms with E-state index in [4.69, 9.17) is 14.6 Å². The second-order valence-electron chi connectivity index (χ2n) is 7.93. The molecule has 1 aliphatic rings. The lowest BCUT2D eigenvalue weighted by Crippen LogP contribution is -2.61. The van der Waals surface area contributed by atoms with Gasteiger partial charge in [-0.25, -0.2) is 4.79 Å². The average molecular weight is 411 g/mol. The highest BCUT2D eigenvalue weighted by atomic mass is 16.7. The number of aliphatic carboxylic acids is 1. The lowest BCUT2D eigenvalue weighted by Gasteiger charge is -2.38. The van der Waals surface area contributed by atoms with Gasteiger partial charge in [-0.3, -0.25) is 4.79 Å². The van der Waals surface area contributed by atoms with Gasteiger partial charge in [0.25, 0.3) is 0 Å². The van der Waals surface area contributed by atoms with E-state index < -0.39 is 36.7 Å². The molecule has 1 heterocycles. The zero-order valence-electron chi connectivity index (χ0n) is 16.9. The van der Waals surface area contributed by atoms with Gasteiger partial charge in [-0.15, -0.1) is 0 Å². The molecule has 162 valence electrons.